The summed E-state index contributed by atoms with van der Waals surface area (Å²) in [6.45, 7) is 1.55. The third-order valence-electron chi connectivity index (χ3n) is 1.82. The van der Waals surface area contributed by atoms with E-state index in [4.69, 9.17) is 11.6 Å². The number of carboxylic acid groups (broad SMARTS) is 1. The molecular weight excluding hydrogens is 253 g/mol. The number of nitrogens with zero attached hydrogens (tertiary/aromatic N) is 3. The van der Waals surface area contributed by atoms with Gasteiger partial charge in [0.2, 0.25) is 0 Å². The Bertz CT molecular complexity index is 426. The van der Waals surface area contributed by atoms with Crippen LogP contribution in [0.2, 0.25) is 5.02 Å². The van der Waals surface area contributed by atoms with E-state index in [1.807, 2.05) is 6.92 Å². The predicted octanol–water partition coefficient (Wildman–Crippen LogP) is -1.67. The summed E-state index contributed by atoms with van der Waals surface area (Å²) in [6.07, 6.45) is 0. The molecule has 0 bridgehead atoms. The van der Waals surface area contributed by atoms with Crippen molar-refractivity contribution in [2.24, 2.45) is 10.3 Å². The first-order valence-electron chi connectivity index (χ1n) is 4.58. The van der Waals surface area contributed by atoms with Crippen LogP contribution in [0.15, 0.2) is 28.5 Å². The fourth-order valence-corrected chi connectivity index (χ4v) is 1.30. The molecule has 1 aromatic carbocycles. The Labute approximate surface area is 127 Å². The summed E-state index contributed by atoms with van der Waals surface area (Å²) in [6, 6.07) is 5.17. The molecule has 17 heavy (non-hydrogen) atoms. The van der Waals surface area contributed by atoms with Crippen LogP contribution < -0.4 is 34.7 Å². The average molecular weight is 264 g/mol. The molecule has 1 rings (SSSR count). The molecule has 7 heteroatoms. The number of hydrogen-bond acceptors (Lipinski definition) is 4. The molecule has 1 aromatic rings. The number of rotatable bonds is 4. The molecule has 0 aliphatic carbocycles. The number of likely N-dealkylation sites (N-methyl/N-ethyl adjacent to an activating group) is 1. The van der Waals surface area contributed by atoms with Gasteiger partial charge in [0.25, 0.3) is 0 Å². The number of carbonyl (C=O) groups excluding carboxylic acids is 1. The first-order chi connectivity index (χ1) is 7.49. The Morgan fingerprint density at radius 3 is 2.71 bits per heavy atom. The van der Waals surface area contributed by atoms with Gasteiger partial charge in [0, 0.05) is 12.1 Å². The number of carbonyl (C=O) groups is 1. The molecule has 5 nitrogen and oxygen atoms in total. The monoisotopic (exact) mass is 263 g/mol. The zero-order valence-corrected chi connectivity index (χ0v) is 12.7. The summed E-state index contributed by atoms with van der Waals surface area (Å²) in [5.74, 6) is -1.20. The second-order valence-electron chi connectivity index (χ2n) is 3.31. The molecule has 0 aliphatic rings. The molecule has 0 fully saturated rings. The minimum absolute atomic E-state index is 0. The van der Waals surface area contributed by atoms with Gasteiger partial charge in [-0.25, -0.2) is 0 Å². The third kappa shape index (κ3) is 6.02. The van der Waals surface area contributed by atoms with Crippen molar-refractivity contribution in [2.75, 3.05) is 13.6 Å². The number of aliphatic carboxylic acids is 1. The molecule has 0 heterocycles. The fraction of sp³-hybridized carbons (Fsp3) is 0.300. The van der Waals surface area contributed by atoms with Gasteiger partial charge in [0.15, 0.2) is 0 Å². The summed E-state index contributed by atoms with van der Waals surface area (Å²) in [7, 11) is 1.50. The van der Waals surface area contributed by atoms with Crippen molar-refractivity contribution >= 4 is 23.3 Å². The number of aryl methyl sites for hydroxylation is 1. The van der Waals surface area contributed by atoms with Crippen molar-refractivity contribution in [1.29, 1.82) is 0 Å². The molecule has 0 N–H and O–H groups in total. The van der Waals surface area contributed by atoms with E-state index in [0.717, 1.165) is 5.56 Å². The van der Waals surface area contributed by atoms with E-state index in [-0.39, 0.29) is 36.1 Å². The minimum Gasteiger partial charge on any atom is -0.548 e. The number of hydrogen-bond donors (Lipinski definition) is 0. The van der Waals surface area contributed by atoms with E-state index in [9.17, 15) is 9.90 Å². The summed E-state index contributed by atoms with van der Waals surface area (Å²) < 4.78 is 0. The molecule has 0 unspecified atom stereocenters. The van der Waals surface area contributed by atoms with Gasteiger partial charge in [-0.2, -0.15) is 0 Å². The van der Waals surface area contributed by atoms with Gasteiger partial charge in [-0.15, -0.1) is 5.11 Å². The van der Waals surface area contributed by atoms with Gasteiger partial charge in [-0.1, -0.05) is 16.8 Å². The van der Waals surface area contributed by atoms with E-state index in [1.54, 1.807) is 18.2 Å². The molecule has 0 radical (unpaired) electrons. The fourth-order valence-electron chi connectivity index (χ4n) is 1.07. The maximum atomic E-state index is 10.3. The molecule has 0 spiro atoms. The van der Waals surface area contributed by atoms with Crippen molar-refractivity contribution in [2.45, 2.75) is 6.92 Å². The Hall–Kier alpha value is -0.620. The topological polar surface area (TPSA) is 68.1 Å². The van der Waals surface area contributed by atoms with Crippen LogP contribution in [-0.4, -0.2) is 24.6 Å². The van der Waals surface area contributed by atoms with Crippen LogP contribution in [-0.2, 0) is 4.79 Å². The molecule has 86 valence electrons. The number of halogens is 1. The first-order valence-corrected chi connectivity index (χ1v) is 4.95. The van der Waals surface area contributed by atoms with Crippen molar-refractivity contribution in [3.05, 3.63) is 28.8 Å². The van der Waals surface area contributed by atoms with E-state index in [2.05, 4.69) is 10.3 Å². The van der Waals surface area contributed by atoms with E-state index < -0.39 is 5.97 Å². The average Bonchev–Trinajstić information content (AvgIpc) is 2.15. The van der Waals surface area contributed by atoms with Gasteiger partial charge in [0.1, 0.15) is 0 Å². The maximum absolute atomic E-state index is 10.3. The molecule has 0 saturated carbocycles. The van der Waals surface area contributed by atoms with Crippen LogP contribution in [0.4, 0.5) is 5.69 Å². The van der Waals surface area contributed by atoms with Crippen molar-refractivity contribution in [3.63, 3.8) is 0 Å². The van der Waals surface area contributed by atoms with E-state index in [0.29, 0.717) is 10.7 Å². The van der Waals surface area contributed by atoms with Crippen LogP contribution in [0.1, 0.15) is 5.56 Å². The van der Waals surface area contributed by atoms with Crippen LogP contribution in [0.3, 0.4) is 0 Å². The van der Waals surface area contributed by atoms with Gasteiger partial charge in [-0.3, -0.25) is 5.01 Å². The smallest absolute Gasteiger partial charge is 0.548 e. The number of benzene rings is 1. The molecule has 0 amide bonds. The van der Waals surface area contributed by atoms with Crippen LogP contribution >= 0.6 is 11.6 Å². The van der Waals surface area contributed by atoms with Crippen molar-refractivity contribution in [3.8, 4) is 0 Å². The van der Waals surface area contributed by atoms with E-state index >= 15 is 0 Å². The summed E-state index contributed by atoms with van der Waals surface area (Å²) in [5.41, 5.74) is 1.52. The number of carboxylic acids is 1. The Balaban J connectivity index is 0.00000256. The van der Waals surface area contributed by atoms with Gasteiger partial charge in [-0.05, 0) is 30.7 Å². The summed E-state index contributed by atoms with van der Waals surface area (Å²) in [4.78, 5) is 10.3. The Morgan fingerprint density at radius 2 is 2.18 bits per heavy atom. The normalized spacial score (nSPS) is 10.1. The molecular formula is C10H11ClN3NaO2. The second-order valence-corrected chi connectivity index (χ2v) is 3.74. The predicted molar refractivity (Wildman–Crippen MR) is 58.3 cm³/mol. The van der Waals surface area contributed by atoms with Crippen molar-refractivity contribution < 1.29 is 39.5 Å². The summed E-state index contributed by atoms with van der Waals surface area (Å²) >= 11 is 5.78. The SMILES string of the molecule is Cc1cc(Cl)ccc1N=NN(C)CC(=O)[O-].[Na+]. The molecule has 0 atom stereocenters. The van der Waals surface area contributed by atoms with Gasteiger partial charge in [0.05, 0.1) is 18.2 Å². The second kappa shape index (κ2) is 7.66. The summed E-state index contributed by atoms with van der Waals surface area (Å²) in [5, 5.41) is 19.7. The van der Waals surface area contributed by atoms with Gasteiger partial charge < -0.3 is 9.90 Å². The Morgan fingerprint density at radius 1 is 1.53 bits per heavy atom. The van der Waals surface area contributed by atoms with Crippen molar-refractivity contribution in [1.82, 2.24) is 5.01 Å². The van der Waals surface area contributed by atoms with E-state index in [1.165, 1.54) is 12.1 Å². The first kappa shape index (κ1) is 16.4. The Kier molecular flexibility index (Phi) is 7.38. The largest absolute Gasteiger partial charge is 1.00 e. The standard InChI is InChI=1S/C10H12ClN3O2.Na/c1-7-5-8(11)3-4-9(7)12-13-14(2)6-10(15)16;/h3-5H,6H2,1-2H3,(H,15,16);/q;+1/p-1. The maximum Gasteiger partial charge on any atom is 1.00 e. The molecule has 0 saturated heterocycles. The zero-order valence-electron chi connectivity index (χ0n) is 9.98. The minimum atomic E-state index is -1.20. The molecule has 0 aromatic heterocycles. The van der Waals surface area contributed by atoms with Gasteiger partial charge >= 0.3 is 29.6 Å². The van der Waals surface area contributed by atoms with Crippen LogP contribution in [0, 0.1) is 6.92 Å². The zero-order chi connectivity index (χ0) is 12.1. The molecule has 0 aliphatic heterocycles. The van der Waals surface area contributed by atoms with Crippen LogP contribution in [0.5, 0.6) is 0 Å². The van der Waals surface area contributed by atoms with Crippen LogP contribution in [0.25, 0.3) is 0 Å². The quantitative estimate of drug-likeness (QED) is 0.371. The third-order valence-corrected chi connectivity index (χ3v) is 2.06.